The van der Waals surface area contributed by atoms with Crippen molar-refractivity contribution in [1.82, 2.24) is 4.31 Å². The number of fused-ring (bicyclic) bond motifs is 3. The molecule has 108 valence electrons. The van der Waals surface area contributed by atoms with E-state index in [-0.39, 0.29) is 12.1 Å². The molecular formula is C17H17NO2S. The van der Waals surface area contributed by atoms with Crippen LogP contribution in [0.3, 0.4) is 0 Å². The van der Waals surface area contributed by atoms with E-state index in [9.17, 15) is 8.42 Å². The molecule has 0 aromatic heterocycles. The second-order valence-corrected chi connectivity index (χ2v) is 7.74. The zero-order valence-electron chi connectivity index (χ0n) is 11.9. The van der Waals surface area contributed by atoms with Gasteiger partial charge in [-0.1, -0.05) is 42.0 Å². The maximum absolute atomic E-state index is 12.8. The number of rotatable bonds is 2. The van der Waals surface area contributed by atoms with Gasteiger partial charge in [-0.15, -0.1) is 0 Å². The normalized spacial score (nSPS) is 26.8. The Balaban J connectivity index is 1.72. The van der Waals surface area contributed by atoms with Crippen LogP contribution in [0.15, 0.2) is 53.4 Å². The van der Waals surface area contributed by atoms with Gasteiger partial charge in [0.05, 0.1) is 10.9 Å². The summed E-state index contributed by atoms with van der Waals surface area (Å²) in [6, 6.07) is 15.5. The average Bonchev–Trinajstić information content (AvgIpc) is 3.23. The smallest absolute Gasteiger partial charge is 0.207 e. The second kappa shape index (κ2) is 4.42. The molecule has 0 saturated carbocycles. The summed E-state index contributed by atoms with van der Waals surface area (Å²) in [7, 11) is -3.37. The van der Waals surface area contributed by atoms with E-state index in [1.165, 1.54) is 11.1 Å². The van der Waals surface area contributed by atoms with Crippen molar-refractivity contribution < 1.29 is 8.42 Å². The van der Waals surface area contributed by atoms with Crippen LogP contribution in [-0.4, -0.2) is 18.8 Å². The molecule has 2 aromatic carbocycles. The highest BCUT2D eigenvalue weighted by Gasteiger charge is 2.57. The van der Waals surface area contributed by atoms with Crippen LogP contribution in [-0.2, 0) is 16.4 Å². The van der Waals surface area contributed by atoms with Gasteiger partial charge in [-0.25, -0.2) is 8.42 Å². The summed E-state index contributed by atoms with van der Waals surface area (Å²) in [5.74, 6) is 0. The van der Waals surface area contributed by atoms with Crippen LogP contribution in [0.5, 0.6) is 0 Å². The Hall–Kier alpha value is -1.65. The quantitative estimate of drug-likeness (QED) is 0.799. The van der Waals surface area contributed by atoms with E-state index in [1.54, 1.807) is 16.4 Å². The maximum atomic E-state index is 12.8. The van der Waals surface area contributed by atoms with Crippen LogP contribution in [0.4, 0.5) is 0 Å². The van der Waals surface area contributed by atoms with Crippen LogP contribution >= 0.6 is 0 Å². The van der Waals surface area contributed by atoms with E-state index < -0.39 is 10.0 Å². The molecule has 2 aliphatic rings. The third kappa shape index (κ3) is 1.93. The Morgan fingerprint density at radius 1 is 1.05 bits per heavy atom. The van der Waals surface area contributed by atoms with Crippen molar-refractivity contribution in [2.24, 2.45) is 0 Å². The van der Waals surface area contributed by atoms with Crippen LogP contribution < -0.4 is 0 Å². The molecule has 0 N–H and O–H groups in total. The zero-order valence-corrected chi connectivity index (χ0v) is 12.7. The Kier molecular flexibility index (Phi) is 2.75. The van der Waals surface area contributed by atoms with Crippen LogP contribution in [0.1, 0.15) is 29.2 Å². The van der Waals surface area contributed by atoms with Crippen molar-refractivity contribution in [3.05, 3.63) is 65.2 Å². The lowest BCUT2D eigenvalue weighted by molar-refractivity contribution is 0.544. The monoisotopic (exact) mass is 299 g/mol. The van der Waals surface area contributed by atoms with E-state index in [4.69, 9.17) is 0 Å². The molecule has 1 saturated heterocycles. The molecule has 0 amide bonds. The predicted octanol–water partition coefficient (Wildman–Crippen LogP) is 3.06. The summed E-state index contributed by atoms with van der Waals surface area (Å²) in [6.07, 6.45) is 1.89. The summed E-state index contributed by atoms with van der Waals surface area (Å²) in [5, 5.41) is 0. The van der Waals surface area contributed by atoms with Gasteiger partial charge >= 0.3 is 0 Å². The van der Waals surface area contributed by atoms with E-state index in [1.807, 2.05) is 31.2 Å². The fraction of sp³-hybridized carbons (Fsp3) is 0.294. The molecule has 1 fully saturated rings. The van der Waals surface area contributed by atoms with E-state index in [0.717, 1.165) is 18.4 Å². The third-order valence-corrected chi connectivity index (χ3v) is 6.48. The van der Waals surface area contributed by atoms with Crippen LogP contribution in [0.2, 0.25) is 0 Å². The van der Waals surface area contributed by atoms with Crippen molar-refractivity contribution in [2.45, 2.75) is 36.7 Å². The highest BCUT2D eigenvalue weighted by atomic mass is 32.2. The van der Waals surface area contributed by atoms with Gasteiger partial charge in [-0.05, 0) is 43.0 Å². The first-order chi connectivity index (χ1) is 10.1. The first kappa shape index (κ1) is 13.0. The number of nitrogens with zero attached hydrogens (tertiary/aromatic N) is 1. The van der Waals surface area contributed by atoms with Crippen molar-refractivity contribution in [3.63, 3.8) is 0 Å². The third-order valence-electron chi connectivity index (χ3n) is 4.56. The molecule has 4 heteroatoms. The molecule has 1 aliphatic heterocycles. The van der Waals surface area contributed by atoms with E-state index >= 15 is 0 Å². The van der Waals surface area contributed by atoms with Gasteiger partial charge < -0.3 is 0 Å². The first-order valence-electron chi connectivity index (χ1n) is 7.27. The number of hydrogen-bond donors (Lipinski definition) is 0. The van der Waals surface area contributed by atoms with Crippen molar-refractivity contribution >= 4 is 10.0 Å². The van der Waals surface area contributed by atoms with Gasteiger partial charge in [0.15, 0.2) is 0 Å². The lowest BCUT2D eigenvalue weighted by Crippen LogP contribution is -2.14. The molecule has 4 rings (SSSR count). The van der Waals surface area contributed by atoms with Crippen LogP contribution in [0.25, 0.3) is 0 Å². The fourth-order valence-corrected chi connectivity index (χ4v) is 5.20. The minimum absolute atomic E-state index is 0.0428. The lowest BCUT2D eigenvalue weighted by atomic mass is 9.92. The molecule has 21 heavy (non-hydrogen) atoms. The molecule has 1 aliphatic carbocycles. The predicted molar refractivity (Wildman–Crippen MR) is 81.5 cm³/mol. The number of aryl methyl sites for hydroxylation is 2. The zero-order chi connectivity index (χ0) is 14.6. The van der Waals surface area contributed by atoms with Gasteiger partial charge in [0.25, 0.3) is 0 Å². The minimum Gasteiger partial charge on any atom is -0.207 e. The average molecular weight is 299 g/mol. The molecule has 2 aromatic rings. The molecular weight excluding hydrogens is 282 g/mol. The molecule has 1 heterocycles. The van der Waals surface area contributed by atoms with E-state index in [0.29, 0.717) is 4.90 Å². The Labute approximate surface area is 125 Å². The Morgan fingerprint density at radius 2 is 1.76 bits per heavy atom. The number of sulfonamides is 1. The molecule has 3 nitrogen and oxygen atoms in total. The largest absolute Gasteiger partial charge is 0.244 e. The Morgan fingerprint density at radius 3 is 2.52 bits per heavy atom. The Bertz CT molecular complexity index is 796. The second-order valence-electron chi connectivity index (χ2n) is 5.90. The van der Waals surface area contributed by atoms with Crippen molar-refractivity contribution in [2.75, 3.05) is 0 Å². The summed E-state index contributed by atoms with van der Waals surface area (Å²) < 4.78 is 27.3. The summed E-state index contributed by atoms with van der Waals surface area (Å²) in [4.78, 5) is 0.403. The van der Waals surface area contributed by atoms with Gasteiger partial charge in [0.1, 0.15) is 0 Å². The van der Waals surface area contributed by atoms with Gasteiger partial charge in [-0.2, -0.15) is 4.31 Å². The number of hydrogen-bond acceptors (Lipinski definition) is 2. The van der Waals surface area contributed by atoms with Crippen molar-refractivity contribution in [1.29, 1.82) is 0 Å². The molecule has 3 unspecified atom stereocenters. The molecule has 0 bridgehead atoms. The van der Waals surface area contributed by atoms with E-state index in [2.05, 4.69) is 12.1 Å². The highest BCUT2D eigenvalue weighted by Crippen LogP contribution is 2.53. The van der Waals surface area contributed by atoms with Crippen LogP contribution in [0, 0.1) is 6.92 Å². The SMILES string of the molecule is Cc1ccc(S(=O)(=O)N2C3CCc4ccccc4C32)cc1. The topological polar surface area (TPSA) is 37.1 Å². The standard InChI is InChI=1S/C17H17NO2S/c1-12-6-9-14(10-7-12)21(19,20)18-16-11-8-13-4-2-3-5-15(13)17(16)18/h2-7,9-10,16-17H,8,11H2,1H3. The van der Waals surface area contributed by atoms with Gasteiger partial charge in [0.2, 0.25) is 10.0 Å². The first-order valence-corrected chi connectivity index (χ1v) is 8.71. The minimum atomic E-state index is -3.37. The summed E-state index contributed by atoms with van der Waals surface area (Å²) in [5.41, 5.74) is 3.55. The van der Waals surface area contributed by atoms with Gasteiger partial charge in [-0.3, -0.25) is 0 Å². The van der Waals surface area contributed by atoms with Gasteiger partial charge in [0, 0.05) is 6.04 Å². The number of benzene rings is 2. The molecule has 3 atom stereocenters. The summed E-state index contributed by atoms with van der Waals surface area (Å²) in [6.45, 7) is 1.96. The molecule has 0 spiro atoms. The molecule has 0 radical (unpaired) electrons. The summed E-state index contributed by atoms with van der Waals surface area (Å²) >= 11 is 0. The maximum Gasteiger partial charge on any atom is 0.244 e. The highest BCUT2D eigenvalue weighted by molar-refractivity contribution is 7.89. The van der Waals surface area contributed by atoms with Crippen molar-refractivity contribution in [3.8, 4) is 0 Å². The fourth-order valence-electron chi connectivity index (χ4n) is 3.40. The lowest BCUT2D eigenvalue weighted by Gasteiger charge is -2.11.